The van der Waals surface area contributed by atoms with Crippen molar-refractivity contribution >= 4 is 15.9 Å². The van der Waals surface area contributed by atoms with E-state index in [1.54, 1.807) is 0 Å². The molecule has 0 spiro atoms. The number of benzene rings is 1. The molecule has 1 aromatic carbocycles. The van der Waals surface area contributed by atoms with Gasteiger partial charge in [0.05, 0.1) is 21.9 Å². The van der Waals surface area contributed by atoms with Gasteiger partial charge in [-0.25, -0.2) is 0 Å². The summed E-state index contributed by atoms with van der Waals surface area (Å²) in [4.78, 5) is 0. The first kappa shape index (κ1) is 12.4. The molecule has 17 heavy (non-hydrogen) atoms. The summed E-state index contributed by atoms with van der Waals surface area (Å²) in [5.41, 5.74) is 3.58. The van der Waals surface area contributed by atoms with Crippen LogP contribution in [0.25, 0.3) is 11.3 Å². The Morgan fingerprint density at radius 1 is 1.24 bits per heavy atom. The number of aromatic nitrogens is 2. The monoisotopic (exact) mass is 292 g/mol. The third-order valence-electron chi connectivity index (χ3n) is 2.65. The van der Waals surface area contributed by atoms with E-state index in [9.17, 15) is 0 Å². The Labute approximate surface area is 111 Å². The molecule has 0 saturated carbocycles. The van der Waals surface area contributed by atoms with Crippen LogP contribution < -0.4 is 0 Å². The van der Waals surface area contributed by atoms with Gasteiger partial charge in [-0.15, -0.1) is 0 Å². The molecule has 0 fully saturated rings. The summed E-state index contributed by atoms with van der Waals surface area (Å²) in [6.45, 7) is 8.58. The predicted octanol–water partition coefficient (Wildman–Crippen LogP) is 4.38. The third-order valence-corrected chi connectivity index (χ3v) is 3.23. The Morgan fingerprint density at radius 3 is 2.53 bits per heavy atom. The lowest BCUT2D eigenvalue weighted by Gasteiger charge is -2.22. The Bertz CT molecular complexity index is 535. The smallest absolute Gasteiger partial charge is 0.0830 e. The van der Waals surface area contributed by atoms with E-state index in [0.29, 0.717) is 0 Å². The Kier molecular flexibility index (Phi) is 3.13. The molecule has 1 aromatic heterocycles. The normalized spacial score (nSPS) is 11.8. The van der Waals surface area contributed by atoms with Gasteiger partial charge in [-0.1, -0.05) is 23.8 Å². The highest BCUT2D eigenvalue weighted by molar-refractivity contribution is 9.10. The first-order valence-electron chi connectivity index (χ1n) is 5.70. The molecular formula is C14H17BrN2. The summed E-state index contributed by atoms with van der Waals surface area (Å²) in [5, 5.41) is 4.46. The van der Waals surface area contributed by atoms with Crippen LogP contribution in [0, 0.1) is 6.92 Å². The Morgan fingerprint density at radius 2 is 1.94 bits per heavy atom. The van der Waals surface area contributed by atoms with Crippen LogP contribution in [-0.2, 0) is 5.54 Å². The van der Waals surface area contributed by atoms with Crippen LogP contribution in [0.1, 0.15) is 26.3 Å². The number of rotatable bonds is 1. The summed E-state index contributed by atoms with van der Waals surface area (Å²) in [6, 6.07) is 8.49. The van der Waals surface area contributed by atoms with Crippen LogP contribution in [0.5, 0.6) is 0 Å². The third kappa shape index (κ3) is 2.44. The Balaban J connectivity index is 2.63. The van der Waals surface area contributed by atoms with Crippen LogP contribution in [0.15, 0.2) is 34.9 Å². The van der Waals surface area contributed by atoms with Crippen molar-refractivity contribution in [3.8, 4) is 11.3 Å². The summed E-state index contributed by atoms with van der Waals surface area (Å²) >= 11 is 3.59. The average Bonchev–Trinajstić information content (AvgIpc) is 2.59. The molecule has 2 rings (SSSR count). The zero-order valence-electron chi connectivity index (χ0n) is 10.7. The van der Waals surface area contributed by atoms with Crippen molar-refractivity contribution < 1.29 is 0 Å². The molecule has 0 saturated heterocycles. The molecule has 0 aliphatic rings. The molecule has 0 bridgehead atoms. The molecule has 2 aromatic rings. The van der Waals surface area contributed by atoms with Crippen LogP contribution in [-0.4, -0.2) is 9.78 Å². The van der Waals surface area contributed by atoms with Gasteiger partial charge in [-0.2, -0.15) is 5.10 Å². The van der Waals surface area contributed by atoms with Gasteiger partial charge in [0.1, 0.15) is 0 Å². The zero-order chi connectivity index (χ0) is 12.6. The number of halogens is 1. The van der Waals surface area contributed by atoms with Gasteiger partial charge >= 0.3 is 0 Å². The van der Waals surface area contributed by atoms with Gasteiger partial charge in [0, 0.05) is 5.56 Å². The van der Waals surface area contributed by atoms with E-state index < -0.39 is 0 Å². The van der Waals surface area contributed by atoms with Gasteiger partial charge in [0.2, 0.25) is 0 Å². The maximum absolute atomic E-state index is 4.46. The number of hydrogen-bond donors (Lipinski definition) is 0. The number of aryl methyl sites for hydroxylation is 1. The molecular weight excluding hydrogens is 276 g/mol. The topological polar surface area (TPSA) is 17.8 Å². The van der Waals surface area contributed by atoms with Crippen molar-refractivity contribution in [1.82, 2.24) is 9.78 Å². The van der Waals surface area contributed by atoms with E-state index in [2.05, 4.69) is 77.7 Å². The molecule has 0 aliphatic heterocycles. The van der Waals surface area contributed by atoms with Crippen molar-refractivity contribution in [2.24, 2.45) is 0 Å². The van der Waals surface area contributed by atoms with E-state index >= 15 is 0 Å². The van der Waals surface area contributed by atoms with Crippen molar-refractivity contribution in [1.29, 1.82) is 0 Å². The lowest BCUT2D eigenvalue weighted by molar-refractivity contribution is 0.360. The fourth-order valence-corrected chi connectivity index (χ4v) is 2.38. The minimum atomic E-state index is -0.0227. The largest absolute Gasteiger partial charge is 0.258 e. The maximum Gasteiger partial charge on any atom is 0.0830 e. The first-order chi connectivity index (χ1) is 7.89. The standard InChI is InChI=1S/C14H17BrN2/c1-10-6-5-7-11(8-10)13-12(15)9-16-17(13)14(2,3)4/h5-9H,1-4H3. The second kappa shape index (κ2) is 4.30. The molecule has 90 valence electrons. The predicted molar refractivity (Wildman–Crippen MR) is 75.1 cm³/mol. The van der Waals surface area contributed by atoms with E-state index in [1.165, 1.54) is 11.1 Å². The SMILES string of the molecule is Cc1cccc(-c2c(Br)cnn2C(C)(C)C)c1. The molecule has 0 atom stereocenters. The minimum Gasteiger partial charge on any atom is -0.258 e. The van der Waals surface area contributed by atoms with Crippen LogP contribution in [0.2, 0.25) is 0 Å². The summed E-state index contributed by atoms with van der Waals surface area (Å²) in [6.07, 6.45) is 1.86. The van der Waals surface area contributed by atoms with Crippen LogP contribution in [0.3, 0.4) is 0 Å². The molecule has 0 radical (unpaired) electrons. The second-order valence-electron chi connectivity index (χ2n) is 5.29. The van der Waals surface area contributed by atoms with Crippen LogP contribution in [0.4, 0.5) is 0 Å². The van der Waals surface area contributed by atoms with Gasteiger partial charge in [0.25, 0.3) is 0 Å². The molecule has 0 amide bonds. The van der Waals surface area contributed by atoms with E-state index in [1.807, 2.05) is 6.20 Å². The number of hydrogen-bond acceptors (Lipinski definition) is 1. The second-order valence-corrected chi connectivity index (χ2v) is 6.15. The number of nitrogens with zero attached hydrogens (tertiary/aromatic N) is 2. The molecule has 3 heteroatoms. The summed E-state index contributed by atoms with van der Waals surface area (Å²) in [5.74, 6) is 0. The fourth-order valence-electron chi connectivity index (χ4n) is 1.89. The van der Waals surface area contributed by atoms with E-state index in [0.717, 1.165) is 10.2 Å². The average molecular weight is 293 g/mol. The fraction of sp³-hybridized carbons (Fsp3) is 0.357. The highest BCUT2D eigenvalue weighted by Crippen LogP contribution is 2.32. The highest BCUT2D eigenvalue weighted by Gasteiger charge is 2.20. The van der Waals surface area contributed by atoms with E-state index in [4.69, 9.17) is 0 Å². The minimum absolute atomic E-state index is 0.0227. The Hall–Kier alpha value is -1.09. The lowest BCUT2D eigenvalue weighted by atomic mass is 10.1. The van der Waals surface area contributed by atoms with Gasteiger partial charge in [-0.05, 0) is 49.7 Å². The molecule has 1 heterocycles. The van der Waals surface area contributed by atoms with Gasteiger partial charge in [0.15, 0.2) is 0 Å². The van der Waals surface area contributed by atoms with Crippen molar-refractivity contribution in [2.45, 2.75) is 33.2 Å². The van der Waals surface area contributed by atoms with Crippen molar-refractivity contribution in [3.05, 3.63) is 40.5 Å². The van der Waals surface area contributed by atoms with E-state index in [-0.39, 0.29) is 5.54 Å². The highest BCUT2D eigenvalue weighted by atomic mass is 79.9. The summed E-state index contributed by atoms with van der Waals surface area (Å²) in [7, 11) is 0. The molecule has 0 aliphatic carbocycles. The van der Waals surface area contributed by atoms with Gasteiger partial charge < -0.3 is 0 Å². The summed E-state index contributed by atoms with van der Waals surface area (Å²) < 4.78 is 3.10. The quantitative estimate of drug-likeness (QED) is 0.763. The molecule has 0 unspecified atom stereocenters. The van der Waals surface area contributed by atoms with Crippen molar-refractivity contribution in [2.75, 3.05) is 0 Å². The van der Waals surface area contributed by atoms with Gasteiger partial charge in [-0.3, -0.25) is 4.68 Å². The first-order valence-corrected chi connectivity index (χ1v) is 6.50. The zero-order valence-corrected chi connectivity index (χ0v) is 12.2. The molecule has 2 nitrogen and oxygen atoms in total. The van der Waals surface area contributed by atoms with Crippen molar-refractivity contribution in [3.63, 3.8) is 0 Å². The molecule has 0 N–H and O–H groups in total. The lowest BCUT2D eigenvalue weighted by Crippen LogP contribution is -2.24. The maximum atomic E-state index is 4.46. The van der Waals surface area contributed by atoms with Crippen LogP contribution >= 0.6 is 15.9 Å².